The quantitative estimate of drug-likeness (QED) is 0.598. The molecule has 10 heteroatoms. The van der Waals surface area contributed by atoms with Crippen LogP contribution in [0.25, 0.3) is 0 Å². The summed E-state index contributed by atoms with van der Waals surface area (Å²) < 4.78 is 33.2. The maximum absolute atomic E-state index is 12.9. The first-order valence-corrected chi connectivity index (χ1v) is 12.2. The molecule has 0 N–H and O–H groups in total. The zero-order chi connectivity index (χ0) is 21.9. The van der Waals surface area contributed by atoms with Crippen molar-refractivity contribution < 1.29 is 17.9 Å². The highest BCUT2D eigenvalue weighted by Crippen LogP contribution is 2.28. The first-order chi connectivity index (χ1) is 14.2. The number of esters is 1. The van der Waals surface area contributed by atoms with Crippen molar-refractivity contribution in [1.82, 2.24) is 8.87 Å². The SMILES string of the molecule is Cc1csc(=O)n1CCOC(=O)c1cc(S(=O)(=O)N(C)C)ccc1N1CCCCC1. The number of aromatic nitrogens is 1. The monoisotopic (exact) mass is 453 g/mol. The highest BCUT2D eigenvalue weighted by Gasteiger charge is 2.25. The van der Waals surface area contributed by atoms with Crippen molar-refractivity contribution in [2.75, 3.05) is 38.7 Å². The molecule has 1 aromatic carbocycles. The van der Waals surface area contributed by atoms with Gasteiger partial charge in [0.2, 0.25) is 10.0 Å². The summed E-state index contributed by atoms with van der Waals surface area (Å²) in [7, 11) is -0.782. The van der Waals surface area contributed by atoms with E-state index in [-0.39, 0.29) is 28.5 Å². The van der Waals surface area contributed by atoms with Crippen LogP contribution in [-0.2, 0) is 21.3 Å². The number of rotatable bonds is 7. The summed E-state index contributed by atoms with van der Waals surface area (Å²) in [5, 5.41) is 1.76. The van der Waals surface area contributed by atoms with Crippen LogP contribution >= 0.6 is 11.3 Å². The maximum Gasteiger partial charge on any atom is 0.340 e. The van der Waals surface area contributed by atoms with Gasteiger partial charge in [0.25, 0.3) is 0 Å². The van der Waals surface area contributed by atoms with Gasteiger partial charge < -0.3 is 9.64 Å². The third kappa shape index (κ3) is 4.76. The van der Waals surface area contributed by atoms with Gasteiger partial charge in [0.15, 0.2) is 0 Å². The highest BCUT2D eigenvalue weighted by molar-refractivity contribution is 7.89. The number of carbonyl (C=O) groups is 1. The lowest BCUT2D eigenvalue weighted by Crippen LogP contribution is -2.31. The Morgan fingerprint density at radius 3 is 2.50 bits per heavy atom. The predicted molar refractivity (Wildman–Crippen MR) is 117 cm³/mol. The van der Waals surface area contributed by atoms with Gasteiger partial charge in [0.05, 0.1) is 22.7 Å². The Morgan fingerprint density at radius 2 is 1.90 bits per heavy atom. The molecule has 164 valence electrons. The molecule has 1 aliphatic heterocycles. The molecule has 1 fully saturated rings. The Labute approximate surface area is 180 Å². The Kier molecular flexibility index (Phi) is 6.99. The smallest absolute Gasteiger partial charge is 0.340 e. The van der Waals surface area contributed by atoms with Gasteiger partial charge in [0, 0.05) is 38.3 Å². The third-order valence-electron chi connectivity index (χ3n) is 5.19. The van der Waals surface area contributed by atoms with E-state index in [2.05, 4.69) is 4.90 Å². The molecule has 1 aromatic heterocycles. The molecule has 30 heavy (non-hydrogen) atoms. The summed E-state index contributed by atoms with van der Waals surface area (Å²) >= 11 is 1.10. The van der Waals surface area contributed by atoms with Crippen LogP contribution in [0.15, 0.2) is 33.3 Å². The molecule has 0 amide bonds. The Balaban J connectivity index is 1.86. The van der Waals surface area contributed by atoms with Crippen LogP contribution in [0.3, 0.4) is 0 Å². The average molecular weight is 454 g/mol. The van der Waals surface area contributed by atoms with E-state index in [1.165, 1.54) is 26.2 Å². The molecule has 1 saturated heterocycles. The molecule has 0 spiro atoms. The minimum atomic E-state index is -3.68. The normalized spacial score (nSPS) is 14.9. The number of nitrogens with zero attached hydrogens (tertiary/aromatic N) is 3. The van der Waals surface area contributed by atoms with Crippen molar-refractivity contribution in [3.8, 4) is 0 Å². The molecule has 2 aromatic rings. The number of benzene rings is 1. The summed E-state index contributed by atoms with van der Waals surface area (Å²) in [5.41, 5.74) is 1.73. The van der Waals surface area contributed by atoms with E-state index in [9.17, 15) is 18.0 Å². The Bertz CT molecular complexity index is 1070. The van der Waals surface area contributed by atoms with Crippen molar-refractivity contribution in [1.29, 1.82) is 0 Å². The minimum absolute atomic E-state index is 0.0282. The summed E-state index contributed by atoms with van der Waals surface area (Å²) in [5.74, 6) is -0.590. The number of carbonyl (C=O) groups excluding carboxylic acids is 1. The van der Waals surface area contributed by atoms with E-state index >= 15 is 0 Å². The van der Waals surface area contributed by atoms with Gasteiger partial charge in [-0.1, -0.05) is 11.3 Å². The number of piperidine rings is 1. The number of anilines is 1. The standard InChI is InChI=1S/C20H27N3O5S2/c1-15-14-29-20(25)23(15)11-12-28-19(24)17-13-16(30(26,27)21(2)3)7-8-18(17)22-9-5-4-6-10-22/h7-8,13-14H,4-6,9-12H2,1-3H3. The lowest BCUT2D eigenvalue weighted by molar-refractivity contribution is 0.0490. The molecular formula is C20H27N3O5S2. The second-order valence-electron chi connectivity index (χ2n) is 7.44. The summed E-state index contributed by atoms with van der Waals surface area (Å²) in [6, 6.07) is 4.61. The molecule has 0 atom stereocenters. The first-order valence-electron chi connectivity index (χ1n) is 9.85. The van der Waals surface area contributed by atoms with Crippen LogP contribution in [0.5, 0.6) is 0 Å². The van der Waals surface area contributed by atoms with E-state index in [0.29, 0.717) is 5.69 Å². The fraction of sp³-hybridized carbons (Fsp3) is 0.500. The molecule has 0 unspecified atom stereocenters. The van der Waals surface area contributed by atoms with Gasteiger partial charge in [0.1, 0.15) is 6.61 Å². The van der Waals surface area contributed by atoms with Crippen LogP contribution in [0, 0.1) is 6.92 Å². The topological polar surface area (TPSA) is 88.9 Å². The minimum Gasteiger partial charge on any atom is -0.460 e. The number of aryl methyl sites for hydroxylation is 1. The second kappa shape index (κ2) is 9.32. The zero-order valence-electron chi connectivity index (χ0n) is 17.5. The lowest BCUT2D eigenvalue weighted by Gasteiger charge is -2.30. The maximum atomic E-state index is 12.9. The molecule has 0 aliphatic carbocycles. The van der Waals surface area contributed by atoms with Crippen molar-refractivity contribution in [3.63, 3.8) is 0 Å². The number of hydrogen-bond acceptors (Lipinski definition) is 7. The fourth-order valence-electron chi connectivity index (χ4n) is 3.44. The van der Waals surface area contributed by atoms with Crippen molar-refractivity contribution in [3.05, 3.63) is 44.5 Å². The zero-order valence-corrected chi connectivity index (χ0v) is 19.1. The molecule has 8 nitrogen and oxygen atoms in total. The van der Waals surface area contributed by atoms with E-state index in [4.69, 9.17) is 4.74 Å². The van der Waals surface area contributed by atoms with Crippen LogP contribution in [0.2, 0.25) is 0 Å². The van der Waals surface area contributed by atoms with Crippen LogP contribution in [0.4, 0.5) is 5.69 Å². The van der Waals surface area contributed by atoms with E-state index < -0.39 is 16.0 Å². The molecule has 2 heterocycles. The lowest BCUT2D eigenvalue weighted by atomic mass is 10.1. The van der Waals surface area contributed by atoms with E-state index in [1.807, 2.05) is 6.92 Å². The van der Waals surface area contributed by atoms with Gasteiger partial charge in [-0.3, -0.25) is 9.36 Å². The Morgan fingerprint density at radius 1 is 1.20 bits per heavy atom. The van der Waals surface area contributed by atoms with Gasteiger partial charge in [-0.15, -0.1) is 0 Å². The molecule has 0 saturated carbocycles. The fourth-order valence-corrected chi connectivity index (χ4v) is 5.13. The van der Waals surface area contributed by atoms with Gasteiger partial charge in [-0.25, -0.2) is 17.5 Å². The van der Waals surface area contributed by atoms with Gasteiger partial charge >= 0.3 is 10.8 Å². The average Bonchev–Trinajstić information content (AvgIpc) is 3.05. The number of sulfonamides is 1. The molecule has 3 rings (SSSR count). The summed E-state index contributed by atoms with van der Waals surface area (Å²) in [6.07, 6.45) is 3.18. The van der Waals surface area contributed by atoms with Gasteiger partial charge in [-0.2, -0.15) is 0 Å². The molecule has 0 radical (unpaired) electrons. The van der Waals surface area contributed by atoms with Crippen LogP contribution in [0.1, 0.15) is 35.3 Å². The third-order valence-corrected chi connectivity index (χ3v) is 7.88. The highest BCUT2D eigenvalue weighted by atomic mass is 32.2. The second-order valence-corrected chi connectivity index (χ2v) is 10.4. The Hall–Kier alpha value is -2.17. The number of ether oxygens (including phenoxy) is 1. The molecule has 0 bridgehead atoms. The number of hydrogen-bond donors (Lipinski definition) is 0. The van der Waals surface area contributed by atoms with Crippen LogP contribution < -0.4 is 9.77 Å². The van der Waals surface area contributed by atoms with Crippen molar-refractivity contribution in [2.45, 2.75) is 37.6 Å². The first kappa shape index (κ1) is 22.5. The molecule has 1 aliphatic rings. The number of thiazole rings is 1. The van der Waals surface area contributed by atoms with Gasteiger partial charge in [-0.05, 0) is 44.4 Å². The molecular weight excluding hydrogens is 426 g/mol. The van der Waals surface area contributed by atoms with Crippen molar-refractivity contribution >= 4 is 33.0 Å². The van der Waals surface area contributed by atoms with Crippen LogP contribution in [-0.4, -0.2) is 57.1 Å². The predicted octanol–water partition coefficient (Wildman–Crippen LogP) is 2.32. The largest absolute Gasteiger partial charge is 0.460 e. The summed E-state index contributed by atoms with van der Waals surface area (Å²) in [6.45, 7) is 3.73. The van der Waals surface area contributed by atoms with E-state index in [1.54, 1.807) is 16.0 Å². The van der Waals surface area contributed by atoms with E-state index in [0.717, 1.165) is 53.7 Å². The summed E-state index contributed by atoms with van der Waals surface area (Å²) in [4.78, 5) is 26.8. The van der Waals surface area contributed by atoms with Crippen molar-refractivity contribution in [2.24, 2.45) is 0 Å².